The van der Waals surface area contributed by atoms with Crippen molar-refractivity contribution >= 4 is 18.3 Å². The van der Waals surface area contributed by atoms with E-state index in [0.29, 0.717) is 12.0 Å². The highest BCUT2D eigenvalue weighted by Crippen LogP contribution is 2.23. The van der Waals surface area contributed by atoms with Crippen molar-refractivity contribution in [3.8, 4) is 0 Å². The van der Waals surface area contributed by atoms with E-state index < -0.39 is 24.1 Å². The summed E-state index contributed by atoms with van der Waals surface area (Å²) < 4.78 is 10.6. The van der Waals surface area contributed by atoms with Crippen LogP contribution in [0.1, 0.15) is 24.2 Å². The summed E-state index contributed by atoms with van der Waals surface area (Å²) in [6, 6.07) is 16.8. The molecule has 2 aromatic rings. The minimum absolute atomic E-state index is 0.0564. The average Bonchev–Trinajstić information content (AvgIpc) is 2.66. The minimum Gasteiger partial charge on any atom is -0.464 e. The van der Waals surface area contributed by atoms with Gasteiger partial charge in [0, 0.05) is 0 Å². The Morgan fingerprint density at radius 3 is 2.23 bits per heavy atom. The van der Waals surface area contributed by atoms with Crippen LogP contribution in [0.2, 0.25) is 0 Å². The highest BCUT2D eigenvalue weighted by molar-refractivity contribution is 5.80. The number of hydrogen-bond donors (Lipinski definition) is 1. The molecule has 0 aliphatic heterocycles. The smallest absolute Gasteiger partial charge is 0.332 e. The Bertz CT molecular complexity index is 717. The molecule has 2 atom stereocenters. The van der Waals surface area contributed by atoms with Crippen molar-refractivity contribution < 1.29 is 23.9 Å². The van der Waals surface area contributed by atoms with Crippen LogP contribution >= 0.6 is 0 Å². The van der Waals surface area contributed by atoms with Gasteiger partial charge in [-0.3, -0.25) is 9.59 Å². The molecule has 0 radical (unpaired) electrons. The lowest BCUT2D eigenvalue weighted by Gasteiger charge is -2.25. The molecule has 0 bridgehead atoms. The third kappa shape index (κ3) is 5.44. The fourth-order valence-electron chi connectivity index (χ4n) is 2.50. The van der Waals surface area contributed by atoms with Crippen LogP contribution in [0.4, 0.5) is 0 Å². The average molecular weight is 355 g/mol. The number of hydrogen-bond acceptors (Lipinski definition) is 5. The fraction of sp³-hybridized carbons (Fsp3) is 0.250. The van der Waals surface area contributed by atoms with Gasteiger partial charge in [-0.2, -0.15) is 0 Å². The van der Waals surface area contributed by atoms with Crippen LogP contribution in [-0.4, -0.2) is 31.0 Å². The second-order valence-corrected chi connectivity index (χ2v) is 5.50. The molecule has 6 heteroatoms. The topological polar surface area (TPSA) is 81.7 Å². The summed E-state index contributed by atoms with van der Waals surface area (Å²) in [5.74, 6) is -1.17. The Balaban J connectivity index is 2.23. The molecule has 0 saturated heterocycles. The van der Waals surface area contributed by atoms with Gasteiger partial charge in [0.15, 0.2) is 12.1 Å². The van der Waals surface area contributed by atoms with E-state index in [1.54, 1.807) is 37.3 Å². The van der Waals surface area contributed by atoms with Gasteiger partial charge >= 0.3 is 11.9 Å². The van der Waals surface area contributed by atoms with Crippen molar-refractivity contribution in [3.63, 3.8) is 0 Å². The Morgan fingerprint density at radius 2 is 1.65 bits per heavy atom. The van der Waals surface area contributed by atoms with Crippen molar-refractivity contribution in [2.24, 2.45) is 0 Å². The predicted octanol–water partition coefficient (Wildman–Crippen LogP) is 2.19. The van der Waals surface area contributed by atoms with Crippen LogP contribution in [0.25, 0.3) is 0 Å². The third-order valence-corrected chi connectivity index (χ3v) is 3.67. The van der Waals surface area contributed by atoms with Crippen LogP contribution in [0, 0.1) is 0 Å². The summed E-state index contributed by atoms with van der Waals surface area (Å²) in [4.78, 5) is 35.6. The van der Waals surface area contributed by atoms with Gasteiger partial charge in [0.2, 0.25) is 6.41 Å². The van der Waals surface area contributed by atoms with Gasteiger partial charge in [-0.1, -0.05) is 60.7 Å². The van der Waals surface area contributed by atoms with Crippen molar-refractivity contribution in [3.05, 3.63) is 71.8 Å². The number of carbonyl (C=O) groups excluding carboxylic acids is 3. The SMILES string of the molecule is CCOC(=O)[C@H](NC=O)[C@@H](OC(=O)Cc1ccccc1)c1ccccc1. The molecule has 0 spiro atoms. The van der Waals surface area contributed by atoms with E-state index in [1.165, 1.54) is 0 Å². The molecule has 1 amide bonds. The zero-order valence-corrected chi connectivity index (χ0v) is 14.5. The Morgan fingerprint density at radius 1 is 1.04 bits per heavy atom. The molecule has 0 unspecified atom stereocenters. The normalized spacial score (nSPS) is 12.5. The van der Waals surface area contributed by atoms with Crippen molar-refractivity contribution in [1.29, 1.82) is 0 Å². The molecule has 1 N–H and O–H groups in total. The molecule has 2 aromatic carbocycles. The first-order chi connectivity index (χ1) is 12.7. The molecule has 6 nitrogen and oxygen atoms in total. The highest BCUT2D eigenvalue weighted by Gasteiger charge is 2.33. The molecule has 0 aliphatic carbocycles. The zero-order valence-electron chi connectivity index (χ0n) is 14.5. The molecule has 0 aliphatic rings. The highest BCUT2D eigenvalue weighted by atomic mass is 16.6. The Labute approximate surface area is 152 Å². The van der Waals surface area contributed by atoms with Crippen LogP contribution in [0.5, 0.6) is 0 Å². The van der Waals surface area contributed by atoms with Gasteiger partial charge in [-0.05, 0) is 18.1 Å². The molecule has 0 fully saturated rings. The van der Waals surface area contributed by atoms with Crippen molar-refractivity contribution in [1.82, 2.24) is 5.32 Å². The largest absolute Gasteiger partial charge is 0.464 e. The quantitative estimate of drug-likeness (QED) is 0.551. The molecule has 26 heavy (non-hydrogen) atoms. The van der Waals surface area contributed by atoms with Gasteiger partial charge < -0.3 is 14.8 Å². The van der Waals surface area contributed by atoms with Crippen molar-refractivity contribution in [2.45, 2.75) is 25.5 Å². The number of esters is 2. The van der Waals surface area contributed by atoms with Crippen LogP contribution in [-0.2, 0) is 30.3 Å². The number of nitrogens with one attached hydrogen (secondary N) is 1. The van der Waals surface area contributed by atoms with Gasteiger partial charge in [0.05, 0.1) is 13.0 Å². The van der Waals surface area contributed by atoms with E-state index in [0.717, 1.165) is 5.56 Å². The van der Waals surface area contributed by atoms with E-state index in [4.69, 9.17) is 9.47 Å². The minimum atomic E-state index is -1.13. The molecule has 136 valence electrons. The second kappa shape index (κ2) is 9.98. The van der Waals surface area contributed by atoms with E-state index in [1.807, 2.05) is 30.3 Å². The molecule has 2 rings (SSSR count). The maximum Gasteiger partial charge on any atom is 0.332 e. The lowest BCUT2D eigenvalue weighted by Crippen LogP contribution is -2.44. The number of benzene rings is 2. The number of amides is 1. The predicted molar refractivity (Wildman–Crippen MR) is 95.0 cm³/mol. The lowest BCUT2D eigenvalue weighted by atomic mass is 10.0. The summed E-state index contributed by atoms with van der Waals surface area (Å²) in [6.45, 7) is 1.81. The first-order valence-electron chi connectivity index (χ1n) is 8.30. The van der Waals surface area contributed by atoms with Crippen LogP contribution < -0.4 is 5.32 Å². The summed E-state index contributed by atoms with van der Waals surface area (Å²) in [7, 11) is 0. The van der Waals surface area contributed by atoms with Gasteiger partial charge in [-0.15, -0.1) is 0 Å². The Kier molecular flexibility index (Phi) is 7.36. The third-order valence-electron chi connectivity index (χ3n) is 3.67. The van der Waals surface area contributed by atoms with Crippen molar-refractivity contribution in [2.75, 3.05) is 6.61 Å². The summed E-state index contributed by atoms with van der Waals surface area (Å²) in [5, 5.41) is 2.40. The second-order valence-electron chi connectivity index (χ2n) is 5.50. The van der Waals surface area contributed by atoms with E-state index in [2.05, 4.69) is 5.32 Å². The van der Waals surface area contributed by atoms with Gasteiger partial charge in [-0.25, -0.2) is 4.79 Å². The first kappa shape index (κ1) is 19.2. The monoisotopic (exact) mass is 355 g/mol. The molecule has 0 heterocycles. The maximum atomic E-state index is 12.4. The van der Waals surface area contributed by atoms with E-state index in [-0.39, 0.29) is 13.0 Å². The number of ether oxygens (including phenoxy) is 2. The fourth-order valence-corrected chi connectivity index (χ4v) is 2.50. The molecule has 0 saturated carbocycles. The van der Waals surface area contributed by atoms with Gasteiger partial charge in [0.25, 0.3) is 0 Å². The number of rotatable bonds is 9. The Hall–Kier alpha value is -3.15. The van der Waals surface area contributed by atoms with Gasteiger partial charge in [0.1, 0.15) is 0 Å². The summed E-state index contributed by atoms with van der Waals surface area (Å²) >= 11 is 0. The standard InChI is InChI=1S/C20H21NO5/c1-2-25-20(24)18(21-14-22)19(16-11-7-4-8-12-16)26-17(23)13-15-9-5-3-6-10-15/h3-12,14,18-19H,2,13H2,1H3,(H,21,22)/t18-,19+/m1/s1. The molecular formula is C20H21NO5. The van der Waals surface area contributed by atoms with Crippen LogP contribution in [0.3, 0.4) is 0 Å². The molecular weight excluding hydrogens is 334 g/mol. The zero-order chi connectivity index (χ0) is 18.8. The maximum absolute atomic E-state index is 12.4. The van der Waals surface area contributed by atoms with Crippen LogP contribution in [0.15, 0.2) is 60.7 Å². The summed E-state index contributed by atoms with van der Waals surface area (Å²) in [5.41, 5.74) is 1.38. The number of carbonyl (C=O) groups is 3. The lowest BCUT2D eigenvalue weighted by molar-refractivity contribution is -0.159. The molecule has 0 aromatic heterocycles. The van der Waals surface area contributed by atoms with E-state index >= 15 is 0 Å². The first-order valence-corrected chi connectivity index (χ1v) is 8.30. The summed E-state index contributed by atoms with van der Waals surface area (Å²) in [6.07, 6.45) is -0.541. The van der Waals surface area contributed by atoms with E-state index in [9.17, 15) is 14.4 Å².